The normalized spacial score (nSPS) is 15.7. The standard InChI is InChI=1S/C22H20F3N5O2.H2S/c1-12-7-17(20(26)27-9-12)18(31)8-14-10-28-30-13(2)11-29(21(32)19(14)30)16-5-3-15(4-6-16)22(23,24)25;/h3-7,9-10,13H,8,11H2,1-2H3,(H2,26,27);1H2/t13-;/m0./s1. The zero-order valence-electron chi connectivity index (χ0n) is 17.8. The van der Waals surface area contributed by atoms with E-state index in [0.29, 0.717) is 11.3 Å². The first-order chi connectivity index (χ1) is 15.1. The van der Waals surface area contributed by atoms with Crippen LogP contribution in [0.25, 0.3) is 0 Å². The van der Waals surface area contributed by atoms with Gasteiger partial charge in [0.1, 0.15) is 11.5 Å². The van der Waals surface area contributed by atoms with Crippen molar-refractivity contribution in [1.82, 2.24) is 14.8 Å². The first-order valence-corrected chi connectivity index (χ1v) is 9.87. The van der Waals surface area contributed by atoms with Crippen molar-refractivity contribution in [3.05, 3.63) is 70.7 Å². The van der Waals surface area contributed by atoms with E-state index in [4.69, 9.17) is 5.73 Å². The monoisotopic (exact) mass is 477 g/mol. The fourth-order valence-electron chi connectivity index (χ4n) is 3.77. The van der Waals surface area contributed by atoms with Gasteiger partial charge >= 0.3 is 6.18 Å². The number of carbonyl (C=O) groups excluding carboxylic acids is 2. The van der Waals surface area contributed by atoms with Crippen molar-refractivity contribution in [3.63, 3.8) is 0 Å². The second kappa shape index (κ2) is 8.89. The van der Waals surface area contributed by atoms with E-state index >= 15 is 0 Å². The average molecular weight is 478 g/mol. The van der Waals surface area contributed by atoms with Crippen LogP contribution in [0.5, 0.6) is 0 Å². The number of nitrogens with two attached hydrogens (primary N) is 1. The Bertz CT molecular complexity index is 1210. The van der Waals surface area contributed by atoms with Crippen LogP contribution in [-0.2, 0) is 12.6 Å². The number of Topliss-reactive ketones (excluding diaryl/α,β-unsaturated/α-hetero) is 1. The smallest absolute Gasteiger partial charge is 0.383 e. The zero-order chi connectivity index (χ0) is 23.2. The summed E-state index contributed by atoms with van der Waals surface area (Å²) >= 11 is 0. The fourth-order valence-corrected chi connectivity index (χ4v) is 3.77. The van der Waals surface area contributed by atoms with Gasteiger partial charge in [-0.1, -0.05) is 0 Å². The lowest BCUT2D eigenvalue weighted by Gasteiger charge is -2.32. The minimum absolute atomic E-state index is 0. The van der Waals surface area contributed by atoms with E-state index in [1.807, 2.05) is 6.92 Å². The number of nitrogens with zero attached hydrogens (tertiary/aromatic N) is 4. The maximum absolute atomic E-state index is 13.3. The Morgan fingerprint density at radius 3 is 2.52 bits per heavy atom. The van der Waals surface area contributed by atoms with E-state index in [9.17, 15) is 22.8 Å². The third-order valence-corrected chi connectivity index (χ3v) is 5.40. The third-order valence-electron chi connectivity index (χ3n) is 5.40. The molecule has 7 nitrogen and oxygen atoms in total. The van der Waals surface area contributed by atoms with Crippen LogP contribution in [0.4, 0.5) is 24.7 Å². The number of aryl methyl sites for hydroxylation is 1. The number of aromatic nitrogens is 3. The van der Waals surface area contributed by atoms with Crippen molar-refractivity contribution in [3.8, 4) is 0 Å². The van der Waals surface area contributed by atoms with E-state index in [1.165, 1.54) is 23.2 Å². The summed E-state index contributed by atoms with van der Waals surface area (Å²) in [5, 5.41) is 4.27. The molecule has 1 aliphatic rings. The summed E-state index contributed by atoms with van der Waals surface area (Å²) in [5.74, 6) is -0.632. The average Bonchev–Trinajstić information content (AvgIpc) is 3.16. The van der Waals surface area contributed by atoms with Gasteiger partial charge in [-0.3, -0.25) is 14.3 Å². The van der Waals surface area contributed by atoms with Gasteiger partial charge in [0.25, 0.3) is 5.91 Å². The van der Waals surface area contributed by atoms with Gasteiger partial charge in [0.2, 0.25) is 0 Å². The predicted molar refractivity (Wildman–Crippen MR) is 122 cm³/mol. The van der Waals surface area contributed by atoms with Gasteiger partial charge < -0.3 is 10.6 Å². The third kappa shape index (κ3) is 4.58. The number of hydrogen-bond acceptors (Lipinski definition) is 5. The summed E-state index contributed by atoms with van der Waals surface area (Å²) in [6.45, 7) is 3.87. The van der Waals surface area contributed by atoms with Crippen LogP contribution < -0.4 is 10.6 Å². The highest BCUT2D eigenvalue weighted by Gasteiger charge is 2.35. The molecule has 0 bridgehead atoms. The molecule has 1 atom stereocenters. The van der Waals surface area contributed by atoms with Crippen molar-refractivity contribution in [2.24, 2.45) is 0 Å². The van der Waals surface area contributed by atoms with Crippen molar-refractivity contribution in [2.75, 3.05) is 17.2 Å². The Labute approximate surface area is 194 Å². The Morgan fingerprint density at radius 2 is 1.88 bits per heavy atom. The van der Waals surface area contributed by atoms with E-state index in [-0.39, 0.29) is 55.4 Å². The van der Waals surface area contributed by atoms with Crippen LogP contribution in [0.15, 0.2) is 42.7 Å². The minimum atomic E-state index is -4.46. The second-order valence-corrected chi connectivity index (χ2v) is 7.82. The van der Waals surface area contributed by atoms with E-state index in [2.05, 4.69) is 10.1 Å². The molecule has 1 aromatic carbocycles. The molecule has 1 aliphatic heterocycles. The number of rotatable bonds is 4. The molecule has 3 aromatic rings. The van der Waals surface area contributed by atoms with E-state index in [1.54, 1.807) is 23.9 Å². The number of halogens is 3. The van der Waals surface area contributed by atoms with Gasteiger partial charge in [-0.2, -0.15) is 31.8 Å². The summed E-state index contributed by atoms with van der Waals surface area (Å²) in [6.07, 6.45) is -1.54. The molecule has 0 saturated carbocycles. The molecule has 0 radical (unpaired) electrons. The van der Waals surface area contributed by atoms with E-state index in [0.717, 1.165) is 17.7 Å². The number of ketones is 1. The largest absolute Gasteiger partial charge is 0.416 e. The summed E-state index contributed by atoms with van der Waals surface area (Å²) in [5.41, 5.74) is 7.08. The molecule has 11 heteroatoms. The Morgan fingerprint density at radius 1 is 1.21 bits per heavy atom. The number of carbonyl (C=O) groups is 2. The molecule has 0 spiro atoms. The molecule has 33 heavy (non-hydrogen) atoms. The highest BCUT2D eigenvalue weighted by molar-refractivity contribution is 7.59. The van der Waals surface area contributed by atoms with Gasteiger partial charge in [0, 0.05) is 30.4 Å². The number of anilines is 2. The number of benzene rings is 1. The molecule has 3 heterocycles. The lowest BCUT2D eigenvalue weighted by Crippen LogP contribution is -2.43. The van der Waals surface area contributed by atoms with Crippen LogP contribution in [0, 0.1) is 6.92 Å². The molecule has 1 amide bonds. The molecule has 0 fully saturated rings. The van der Waals surface area contributed by atoms with Gasteiger partial charge in [-0.25, -0.2) is 4.98 Å². The molecule has 0 saturated heterocycles. The first-order valence-electron chi connectivity index (χ1n) is 9.87. The maximum atomic E-state index is 13.3. The van der Waals surface area contributed by atoms with Crippen molar-refractivity contribution < 1.29 is 22.8 Å². The molecular formula is C22H22F3N5O2S. The van der Waals surface area contributed by atoms with Crippen LogP contribution >= 0.6 is 13.5 Å². The number of hydrogen-bond donors (Lipinski definition) is 1. The summed E-state index contributed by atoms with van der Waals surface area (Å²) in [7, 11) is 0. The number of fused-ring (bicyclic) bond motifs is 1. The molecule has 2 aromatic heterocycles. The number of nitrogen functional groups attached to an aromatic ring is 1. The maximum Gasteiger partial charge on any atom is 0.416 e. The molecule has 0 unspecified atom stereocenters. The second-order valence-electron chi connectivity index (χ2n) is 7.82. The van der Waals surface area contributed by atoms with Crippen molar-refractivity contribution in [1.29, 1.82) is 0 Å². The molecule has 0 aliphatic carbocycles. The quantitative estimate of drug-likeness (QED) is 0.575. The van der Waals surface area contributed by atoms with Crippen molar-refractivity contribution >= 4 is 36.7 Å². The summed E-state index contributed by atoms with van der Waals surface area (Å²) < 4.78 is 40.2. The van der Waals surface area contributed by atoms with Gasteiger partial charge in [0.15, 0.2) is 5.78 Å². The SMILES string of the molecule is Cc1cnc(N)c(C(=O)Cc2cnn3c2C(=O)N(c2ccc(C(F)(F)F)cc2)C[C@@H]3C)c1.S. The zero-order valence-corrected chi connectivity index (χ0v) is 18.8. The van der Waals surface area contributed by atoms with Crippen LogP contribution in [0.2, 0.25) is 0 Å². The Balaban J connectivity index is 0.00000306. The predicted octanol–water partition coefficient (Wildman–Crippen LogP) is 3.95. The van der Waals surface area contributed by atoms with Crippen molar-refractivity contribution in [2.45, 2.75) is 32.5 Å². The molecule has 4 rings (SSSR count). The Kier molecular flexibility index (Phi) is 6.55. The molecule has 2 N–H and O–H groups in total. The lowest BCUT2D eigenvalue weighted by atomic mass is 10.0. The molecule has 174 valence electrons. The topological polar surface area (TPSA) is 94.1 Å². The highest BCUT2D eigenvalue weighted by atomic mass is 32.1. The summed E-state index contributed by atoms with van der Waals surface area (Å²) in [4.78, 5) is 31.5. The van der Waals surface area contributed by atoms with Gasteiger partial charge in [-0.15, -0.1) is 0 Å². The van der Waals surface area contributed by atoms with Gasteiger partial charge in [-0.05, 0) is 49.7 Å². The van der Waals surface area contributed by atoms with Crippen LogP contribution in [0.1, 0.15) is 50.5 Å². The van der Waals surface area contributed by atoms with Gasteiger partial charge in [0.05, 0.1) is 23.4 Å². The summed E-state index contributed by atoms with van der Waals surface area (Å²) in [6, 6.07) is 5.82. The number of amides is 1. The lowest BCUT2D eigenvalue weighted by molar-refractivity contribution is -0.137. The highest BCUT2D eigenvalue weighted by Crippen LogP contribution is 2.33. The van der Waals surface area contributed by atoms with Crippen LogP contribution in [-0.4, -0.2) is 33.0 Å². The molecular weight excluding hydrogens is 455 g/mol. The number of pyridine rings is 1. The van der Waals surface area contributed by atoms with E-state index < -0.39 is 17.6 Å². The fraction of sp³-hybridized carbons (Fsp3) is 0.273. The first kappa shape index (κ1) is 24.3. The number of alkyl halides is 3. The Hall–Kier alpha value is -3.34. The minimum Gasteiger partial charge on any atom is -0.383 e. The van der Waals surface area contributed by atoms with Crippen LogP contribution in [0.3, 0.4) is 0 Å².